The van der Waals surface area contributed by atoms with Crippen LogP contribution in [0.15, 0.2) is 29.2 Å². The highest BCUT2D eigenvalue weighted by molar-refractivity contribution is 8.00. The second-order valence-electron chi connectivity index (χ2n) is 6.12. The molecule has 1 saturated heterocycles. The summed E-state index contributed by atoms with van der Waals surface area (Å²) in [5.74, 6) is 0.733. The zero-order chi connectivity index (χ0) is 13.2. The minimum absolute atomic E-state index is 0.669. The standard InChI is InChI=1S/C16H24N2S/c1-12(2)15-11-18(8-7-17-15)10-14-9-13-5-3-4-6-16(13)19-14/h3-6,12,14-15,17H,7-11H2,1-2H3. The average molecular weight is 276 g/mol. The summed E-state index contributed by atoms with van der Waals surface area (Å²) in [6.45, 7) is 9.45. The average Bonchev–Trinajstić information content (AvgIpc) is 2.81. The Balaban J connectivity index is 1.56. The third kappa shape index (κ3) is 3.15. The van der Waals surface area contributed by atoms with Gasteiger partial charge in [-0.25, -0.2) is 0 Å². The van der Waals surface area contributed by atoms with Crippen LogP contribution in [-0.4, -0.2) is 42.4 Å². The molecule has 2 atom stereocenters. The van der Waals surface area contributed by atoms with Crippen LogP contribution in [-0.2, 0) is 6.42 Å². The fourth-order valence-electron chi connectivity index (χ4n) is 3.10. The molecule has 0 saturated carbocycles. The molecule has 0 amide bonds. The number of thioether (sulfide) groups is 1. The Morgan fingerprint density at radius 1 is 1.37 bits per heavy atom. The lowest BCUT2D eigenvalue weighted by molar-refractivity contribution is 0.176. The fraction of sp³-hybridized carbons (Fsp3) is 0.625. The molecule has 104 valence electrons. The van der Waals surface area contributed by atoms with Gasteiger partial charge in [-0.05, 0) is 24.0 Å². The molecule has 19 heavy (non-hydrogen) atoms. The van der Waals surface area contributed by atoms with Gasteiger partial charge in [-0.15, -0.1) is 11.8 Å². The molecule has 2 unspecified atom stereocenters. The Bertz CT molecular complexity index is 408. The normalized spacial score (nSPS) is 27.7. The first-order valence-corrected chi connectivity index (χ1v) is 8.30. The van der Waals surface area contributed by atoms with E-state index in [0.29, 0.717) is 6.04 Å². The SMILES string of the molecule is CC(C)C1CN(CC2Cc3ccccc3S2)CCN1. The molecular weight excluding hydrogens is 252 g/mol. The predicted molar refractivity (Wildman–Crippen MR) is 82.9 cm³/mol. The summed E-state index contributed by atoms with van der Waals surface area (Å²) in [5, 5.41) is 4.40. The van der Waals surface area contributed by atoms with Gasteiger partial charge in [0, 0.05) is 42.4 Å². The smallest absolute Gasteiger partial charge is 0.0263 e. The molecule has 0 aromatic heterocycles. The van der Waals surface area contributed by atoms with Crippen molar-refractivity contribution in [1.82, 2.24) is 10.2 Å². The summed E-state index contributed by atoms with van der Waals surface area (Å²) in [4.78, 5) is 4.16. The number of nitrogens with zero attached hydrogens (tertiary/aromatic N) is 1. The van der Waals surface area contributed by atoms with Crippen molar-refractivity contribution in [1.29, 1.82) is 0 Å². The lowest BCUT2D eigenvalue weighted by Crippen LogP contribution is -2.54. The van der Waals surface area contributed by atoms with Crippen LogP contribution in [0, 0.1) is 5.92 Å². The quantitative estimate of drug-likeness (QED) is 0.913. The molecule has 0 aliphatic carbocycles. The van der Waals surface area contributed by atoms with Crippen molar-refractivity contribution in [2.45, 2.75) is 36.5 Å². The van der Waals surface area contributed by atoms with E-state index in [9.17, 15) is 0 Å². The van der Waals surface area contributed by atoms with Crippen LogP contribution >= 0.6 is 11.8 Å². The van der Waals surface area contributed by atoms with Crippen molar-refractivity contribution in [2.24, 2.45) is 5.92 Å². The maximum atomic E-state index is 3.64. The second kappa shape index (κ2) is 5.86. The highest BCUT2D eigenvalue weighted by atomic mass is 32.2. The summed E-state index contributed by atoms with van der Waals surface area (Å²) in [7, 11) is 0. The molecule has 0 radical (unpaired) electrons. The highest BCUT2D eigenvalue weighted by Gasteiger charge is 2.27. The number of hydrogen-bond donors (Lipinski definition) is 1. The van der Waals surface area contributed by atoms with Gasteiger partial charge in [0.1, 0.15) is 0 Å². The zero-order valence-corrected chi connectivity index (χ0v) is 12.7. The Labute approximate surface area is 121 Å². The van der Waals surface area contributed by atoms with E-state index < -0.39 is 0 Å². The van der Waals surface area contributed by atoms with Crippen LogP contribution in [0.2, 0.25) is 0 Å². The summed E-state index contributed by atoms with van der Waals surface area (Å²) < 4.78 is 0. The zero-order valence-electron chi connectivity index (χ0n) is 11.9. The number of piperazine rings is 1. The van der Waals surface area contributed by atoms with Crippen LogP contribution in [0.1, 0.15) is 19.4 Å². The van der Waals surface area contributed by atoms with Gasteiger partial charge in [0.2, 0.25) is 0 Å². The Hall–Kier alpha value is -0.510. The van der Waals surface area contributed by atoms with Gasteiger partial charge in [0.15, 0.2) is 0 Å². The van der Waals surface area contributed by atoms with Crippen molar-refractivity contribution in [3.05, 3.63) is 29.8 Å². The molecule has 2 aliphatic rings. The highest BCUT2D eigenvalue weighted by Crippen LogP contribution is 2.37. The molecule has 3 heteroatoms. The first-order valence-electron chi connectivity index (χ1n) is 7.42. The van der Waals surface area contributed by atoms with Crippen LogP contribution in [0.3, 0.4) is 0 Å². The maximum Gasteiger partial charge on any atom is 0.0263 e. The molecule has 2 aliphatic heterocycles. The van der Waals surface area contributed by atoms with Gasteiger partial charge in [0.05, 0.1) is 0 Å². The molecule has 0 spiro atoms. The Morgan fingerprint density at radius 3 is 3.00 bits per heavy atom. The second-order valence-corrected chi connectivity index (χ2v) is 7.46. The minimum atomic E-state index is 0.669. The number of nitrogens with one attached hydrogen (secondary N) is 1. The maximum absolute atomic E-state index is 3.64. The van der Waals surface area contributed by atoms with Crippen LogP contribution in [0.4, 0.5) is 0 Å². The van der Waals surface area contributed by atoms with Gasteiger partial charge < -0.3 is 5.32 Å². The van der Waals surface area contributed by atoms with Crippen LogP contribution < -0.4 is 5.32 Å². The summed E-state index contributed by atoms with van der Waals surface area (Å²) >= 11 is 2.08. The molecule has 0 bridgehead atoms. The van der Waals surface area contributed by atoms with Gasteiger partial charge in [-0.1, -0.05) is 32.0 Å². The topological polar surface area (TPSA) is 15.3 Å². The molecule has 1 aromatic rings. The van der Waals surface area contributed by atoms with E-state index in [1.54, 1.807) is 5.56 Å². The van der Waals surface area contributed by atoms with E-state index in [1.807, 2.05) is 0 Å². The van der Waals surface area contributed by atoms with E-state index in [4.69, 9.17) is 0 Å². The van der Waals surface area contributed by atoms with Crippen molar-refractivity contribution in [3.8, 4) is 0 Å². The third-order valence-corrected chi connectivity index (χ3v) is 5.57. The van der Waals surface area contributed by atoms with Crippen molar-refractivity contribution in [2.75, 3.05) is 26.2 Å². The van der Waals surface area contributed by atoms with Gasteiger partial charge in [-0.3, -0.25) is 4.90 Å². The van der Waals surface area contributed by atoms with E-state index in [0.717, 1.165) is 17.7 Å². The molecular formula is C16H24N2S. The summed E-state index contributed by atoms with van der Waals surface area (Å²) in [6, 6.07) is 9.56. The molecule has 1 N–H and O–H groups in total. The molecule has 1 fully saturated rings. The summed E-state index contributed by atoms with van der Waals surface area (Å²) in [6.07, 6.45) is 1.25. The van der Waals surface area contributed by atoms with Crippen molar-refractivity contribution < 1.29 is 0 Å². The monoisotopic (exact) mass is 276 g/mol. The van der Waals surface area contributed by atoms with Gasteiger partial charge >= 0.3 is 0 Å². The summed E-state index contributed by atoms with van der Waals surface area (Å²) in [5.41, 5.74) is 1.55. The lowest BCUT2D eigenvalue weighted by Gasteiger charge is -2.36. The lowest BCUT2D eigenvalue weighted by atomic mass is 10.0. The van der Waals surface area contributed by atoms with Crippen LogP contribution in [0.5, 0.6) is 0 Å². The first-order chi connectivity index (χ1) is 9.22. The Morgan fingerprint density at radius 2 is 2.21 bits per heavy atom. The minimum Gasteiger partial charge on any atom is -0.311 e. The number of benzene rings is 1. The fourth-order valence-corrected chi connectivity index (χ4v) is 4.47. The van der Waals surface area contributed by atoms with Crippen molar-refractivity contribution >= 4 is 11.8 Å². The predicted octanol–water partition coefficient (Wildman–Crippen LogP) is 2.63. The number of rotatable bonds is 3. The van der Waals surface area contributed by atoms with E-state index in [-0.39, 0.29) is 0 Å². The largest absolute Gasteiger partial charge is 0.311 e. The third-order valence-electron chi connectivity index (χ3n) is 4.27. The first kappa shape index (κ1) is 13.5. The van der Waals surface area contributed by atoms with E-state index in [1.165, 1.54) is 31.0 Å². The Kier molecular flexibility index (Phi) is 4.15. The van der Waals surface area contributed by atoms with E-state index in [2.05, 4.69) is 60.1 Å². The number of fused-ring (bicyclic) bond motifs is 1. The van der Waals surface area contributed by atoms with Gasteiger partial charge in [-0.2, -0.15) is 0 Å². The number of hydrogen-bond acceptors (Lipinski definition) is 3. The van der Waals surface area contributed by atoms with Crippen molar-refractivity contribution in [3.63, 3.8) is 0 Å². The molecule has 2 heterocycles. The van der Waals surface area contributed by atoms with Gasteiger partial charge in [0.25, 0.3) is 0 Å². The molecule has 1 aromatic carbocycles. The molecule has 3 rings (SSSR count). The van der Waals surface area contributed by atoms with E-state index >= 15 is 0 Å². The molecule has 2 nitrogen and oxygen atoms in total. The van der Waals surface area contributed by atoms with Crippen LogP contribution in [0.25, 0.3) is 0 Å².